The third kappa shape index (κ3) is 4.48. The molecule has 0 spiro atoms. The first-order valence-corrected chi connectivity index (χ1v) is 8.12. The Kier molecular flexibility index (Phi) is 5.84. The first kappa shape index (κ1) is 15.3. The Balaban J connectivity index is 2.06. The fourth-order valence-electron chi connectivity index (χ4n) is 2.51. The Morgan fingerprint density at radius 2 is 2.20 bits per heavy atom. The SMILES string of the molecule is CCCNCc1ccncc1N(CCC(C)C)C1CC1. The Bertz CT molecular complexity index is 399. The van der Waals surface area contributed by atoms with E-state index in [2.05, 4.69) is 48.2 Å². The second-order valence-electron chi connectivity index (χ2n) is 6.29. The molecule has 0 aromatic carbocycles. The highest BCUT2D eigenvalue weighted by Gasteiger charge is 2.30. The summed E-state index contributed by atoms with van der Waals surface area (Å²) in [5.41, 5.74) is 2.74. The van der Waals surface area contributed by atoms with Crippen molar-refractivity contribution in [1.82, 2.24) is 10.3 Å². The van der Waals surface area contributed by atoms with Gasteiger partial charge in [0, 0.05) is 25.3 Å². The van der Waals surface area contributed by atoms with Crippen LogP contribution in [0.4, 0.5) is 5.69 Å². The fourth-order valence-corrected chi connectivity index (χ4v) is 2.51. The summed E-state index contributed by atoms with van der Waals surface area (Å²) >= 11 is 0. The summed E-state index contributed by atoms with van der Waals surface area (Å²) in [5, 5.41) is 3.52. The zero-order chi connectivity index (χ0) is 14.4. The van der Waals surface area contributed by atoms with Gasteiger partial charge < -0.3 is 10.2 Å². The van der Waals surface area contributed by atoms with Gasteiger partial charge >= 0.3 is 0 Å². The van der Waals surface area contributed by atoms with Crippen LogP contribution in [0.25, 0.3) is 0 Å². The summed E-state index contributed by atoms with van der Waals surface area (Å²) in [7, 11) is 0. The molecule has 3 heteroatoms. The van der Waals surface area contributed by atoms with E-state index < -0.39 is 0 Å². The number of anilines is 1. The van der Waals surface area contributed by atoms with Gasteiger partial charge in [0.2, 0.25) is 0 Å². The van der Waals surface area contributed by atoms with Crippen LogP contribution >= 0.6 is 0 Å². The van der Waals surface area contributed by atoms with E-state index in [9.17, 15) is 0 Å². The van der Waals surface area contributed by atoms with E-state index in [-0.39, 0.29) is 0 Å². The summed E-state index contributed by atoms with van der Waals surface area (Å²) < 4.78 is 0. The Morgan fingerprint density at radius 3 is 2.85 bits per heavy atom. The number of pyridine rings is 1. The standard InChI is InChI=1S/C17H29N3/c1-4-9-18-12-15-7-10-19-13-17(15)20(16-5-6-16)11-8-14(2)3/h7,10,13-14,16,18H,4-6,8-9,11-12H2,1-3H3. The van der Waals surface area contributed by atoms with Gasteiger partial charge in [-0.3, -0.25) is 4.98 Å². The molecule has 0 amide bonds. The van der Waals surface area contributed by atoms with E-state index in [1.165, 1.54) is 36.9 Å². The highest BCUT2D eigenvalue weighted by molar-refractivity contribution is 5.53. The number of hydrogen-bond acceptors (Lipinski definition) is 3. The van der Waals surface area contributed by atoms with Crippen molar-refractivity contribution in [2.24, 2.45) is 5.92 Å². The van der Waals surface area contributed by atoms with Crippen LogP contribution in [-0.4, -0.2) is 24.1 Å². The molecule has 1 saturated carbocycles. The number of nitrogens with zero attached hydrogens (tertiary/aromatic N) is 2. The molecule has 3 nitrogen and oxygen atoms in total. The van der Waals surface area contributed by atoms with Gasteiger partial charge in [-0.1, -0.05) is 20.8 Å². The smallest absolute Gasteiger partial charge is 0.0600 e. The van der Waals surface area contributed by atoms with Gasteiger partial charge in [0.15, 0.2) is 0 Å². The summed E-state index contributed by atoms with van der Waals surface area (Å²) in [6.07, 6.45) is 9.10. The van der Waals surface area contributed by atoms with Crippen LogP contribution in [0, 0.1) is 5.92 Å². The van der Waals surface area contributed by atoms with E-state index in [1.807, 2.05) is 6.20 Å². The minimum absolute atomic E-state index is 0.753. The van der Waals surface area contributed by atoms with Crippen molar-refractivity contribution >= 4 is 5.69 Å². The predicted molar refractivity (Wildman–Crippen MR) is 86.1 cm³/mol. The lowest BCUT2D eigenvalue weighted by molar-refractivity contribution is 0.568. The normalized spacial score (nSPS) is 14.8. The average molecular weight is 275 g/mol. The van der Waals surface area contributed by atoms with Crippen molar-refractivity contribution in [3.63, 3.8) is 0 Å². The lowest BCUT2D eigenvalue weighted by Gasteiger charge is -2.27. The lowest BCUT2D eigenvalue weighted by Crippen LogP contribution is -2.29. The Labute approximate surface area is 123 Å². The Hall–Kier alpha value is -1.09. The molecule has 20 heavy (non-hydrogen) atoms. The molecular formula is C17H29N3. The second-order valence-corrected chi connectivity index (χ2v) is 6.29. The molecule has 2 rings (SSSR count). The largest absolute Gasteiger partial charge is 0.367 e. The number of rotatable bonds is 9. The second kappa shape index (κ2) is 7.63. The van der Waals surface area contributed by atoms with Crippen molar-refractivity contribution in [3.05, 3.63) is 24.0 Å². The molecule has 112 valence electrons. The van der Waals surface area contributed by atoms with Crippen molar-refractivity contribution in [1.29, 1.82) is 0 Å². The summed E-state index contributed by atoms with van der Waals surface area (Å²) in [6.45, 7) is 10.0. The van der Waals surface area contributed by atoms with Crippen LogP contribution in [0.3, 0.4) is 0 Å². The molecule has 0 aliphatic heterocycles. The zero-order valence-corrected chi connectivity index (χ0v) is 13.2. The molecule has 1 N–H and O–H groups in total. The molecule has 1 aromatic rings. The first-order chi connectivity index (χ1) is 9.72. The van der Waals surface area contributed by atoms with E-state index in [1.54, 1.807) is 0 Å². The van der Waals surface area contributed by atoms with E-state index in [0.717, 1.165) is 31.6 Å². The maximum atomic E-state index is 4.36. The third-order valence-corrected chi connectivity index (χ3v) is 3.87. The molecule has 1 aliphatic carbocycles. The monoisotopic (exact) mass is 275 g/mol. The molecule has 1 heterocycles. The Morgan fingerprint density at radius 1 is 1.40 bits per heavy atom. The van der Waals surface area contributed by atoms with Crippen LogP contribution in [0.1, 0.15) is 52.0 Å². The highest BCUT2D eigenvalue weighted by Crippen LogP contribution is 2.33. The van der Waals surface area contributed by atoms with Gasteiger partial charge in [0.05, 0.1) is 11.9 Å². The predicted octanol–water partition coefficient (Wildman–Crippen LogP) is 3.60. The minimum atomic E-state index is 0.753. The van der Waals surface area contributed by atoms with Crippen LogP contribution in [0.5, 0.6) is 0 Å². The molecule has 1 aromatic heterocycles. The van der Waals surface area contributed by atoms with Crippen LogP contribution in [0.2, 0.25) is 0 Å². The maximum Gasteiger partial charge on any atom is 0.0600 e. The van der Waals surface area contributed by atoms with Gasteiger partial charge in [-0.25, -0.2) is 0 Å². The molecule has 0 bridgehead atoms. The average Bonchev–Trinajstić information content (AvgIpc) is 3.25. The molecular weight excluding hydrogens is 246 g/mol. The maximum absolute atomic E-state index is 4.36. The minimum Gasteiger partial charge on any atom is -0.367 e. The lowest BCUT2D eigenvalue weighted by atomic mass is 10.1. The molecule has 0 unspecified atom stereocenters. The van der Waals surface area contributed by atoms with E-state index in [0.29, 0.717) is 0 Å². The molecule has 0 radical (unpaired) electrons. The van der Waals surface area contributed by atoms with Gasteiger partial charge in [-0.15, -0.1) is 0 Å². The number of aromatic nitrogens is 1. The van der Waals surface area contributed by atoms with Crippen LogP contribution < -0.4 is 10.2 Å². The van der Waals surface area contributed by atoms with Crippen molar-refractivity contribution < 1.29 is 0 Å². The van der Waals surface area contributed by atoms with Crippen LogP contribution in [-0.2, 0) is 6.54 Å². The molecule has 0 saturated heterocycles. The first-order valence-electron chi connectivity index (χ1n) is 8.12. The topological polar surface area (TPSA) is 28.2 Å². The van der Waals surface area contributed by atoms with E-state index >= 15 is 0 Å². The molecule has 0 atom stereocenters. The zero-order valence-electron chi connectivity index (χ0n) is 13.2. The fraction of sp³-hybridized carbons (Fsp3) is 0.706. The third-order valence-electron chi connectivity index (χ3n) is 3.87. The quantitative estimate of drug-likeness (QED) is 0.698. The molecule has 1 fully saturated rings. The van der Waals surface area contributed by atoms with Gasteiger partial charge in [0.25, 0.3) is 0 Å². The number of hydrogen-bond donors (Lipinski definition) is 1. The summed E-state index contributed by atoms with van der Waals surface area (Å²) in [5.74, 6) is 0.759. The summed E-state index contributed by atoms with van der Waals surface area (Å²) in [4.78, 5) is 6.96. The van der Waals surface area contributed by atoms with Crippen molar-refractivity contribution in [2.45, 2.75) is 59.0 Å². The highest BCUT2D eigenvalue weighted by atomic mass is 15.2. The van der Waals surface area contributed by atoms with E-state index in [4.69, 9.17) is 0 Å². The van der Waals surface area contributed by atoms with Crippen molar-refractivity contribution in [3.8, 4) is 0 Å². The van der Waals surface area contributed by atoms with Gasteiger partial charge in [0.1, 0.15) is 0 Å². The van der Waals surface area contributed by atoms with Crippen molar-refractivity contribution in [2.75, 3.05) is 18.0 Å². The summed E-state index contributed by atoms with van der Waals surface area (Å²) in [6, 6.07) is 2.92. The molecule has 1 aliphatic rings. The number of nitrogens with one attached hydrogen (secondary N) is 1. The van der Waals surface area contributed by atoms with Gasteiger partial charge in [-0.2, -0.15) is 0 Å². The van der Waals surface area contributed by atoms with Gasteiger partial charge in [-0.05, 0) is 49.8 Å². The van der Waals surface area contributed by atoms with Crippen LogP contribution in [0.15, 0.2) is 18.5 Å².